The quantitative estimate of drug-likeness (QED) is 0.588. The van der Waals surface area contributed by atoms with E-state index in [2.05, 4.69) is 27.5 Å². The van der Waals surface area contributed by atoms with E-state index >= 15 is 0 Å². The van der Waals surface area contributed by atoms with Crippen molar-refractivity contribution in [2.75, 3.05) is 20.3 Å². The fourth-order valence-electron chi connectivity index (χ4n) is 2.79. The Morgan fingerprint density at radius 2 is 2.23 bits per heavy atom. The van der Waals surface area contributed by atoms with E-state index in [0.717, 1.165) is 34.9 Å². The number of hydrogen-bond donors (Lipinski definition) is 1. The number of likely N-dealkylation sites (tertiary alicyclic amines) is 1. The van der Waals surface area contributed by atoms with Gasteiger partial charge in [-0.1, -0.05) is 6.42 Å². The van der Waals surface area contributed by atoms with Crippen molar-refractivity contribution < 1.29 is 19.4 Å². The first kappa shape index (κ1) is 17.3. The molecule has 0 spiro atoms. The van der Waals surface area contributed by atoms with Gasteiger partial charge in [-0.3, -0.25) is 9.69 Å². The van der Waals surface area contributed by atoms with Crippen molar-refractivity contribution >= 4 is 28.6 Å². The summed E-state index contributed by atoms with van der Waals surface area (Å²) in [6.07, 6.45) is 2.98. The average molecular weight is 419 g/mol. The molecular weight excluding hydrogens is 397 g/mol. The van der Waals surface area contributed by atoms with E-state index in [0.29, 0.717) is 18.9 Å². The van der Waals surface area contributed by atoms with Gasteiger partial charge < -0.3 is 14.6 Å². The van der Waals surface area contributed by atoms with Gasteiger partial charge in [0.25, 0.3) is 0 Å². The smallest absolute Gasteiger partial charge is 0.323 e. The molecule has 5 nitrogen and oxygen atoms in total. The van der Waals surface area contributed by atoms with Gasteiger partial charge in [-0.2, -0.15) is 0 Å². The standard InChI is InChI=1S/C16H22INO4/c1-3-22-16(20)13-6-4-5-7-18(13)10-11-8-12(17)15(19)14(9-11)21-2/h8-9,13,19H,3-7,10H2,1-2H3. The Labute approximate surface area is 144 Å². The summed E-state index contributed by atoms with van der Waals surface area (Å²) in [6.45, 7) is 3.77. The molecule has 1 saturated heterocycles. The number of phenols is 1. The second kappa shape index (κ2) is 8.01. The SMILES string of the molecule is CCOC(=O)C1CCCCN1Cc1cc(I)c(O)c(OC)c1. The van der Waals surface area contributed by atoms with E-state index in [1.807, 2.05) is 19.1 Å². The summed E-state index contributed by atoms with van der Waals surface area (Å²) in [5, 5.41) is 9.92. The van der Waals surface area contributed by atoms with Crippen LogP contribution in [0.3, 0.4) is 0 Å². The zero-order valence-corrected chi connectivity index (χ0v) is 15.1. The van der Waals surface area contributed by atoms with Crippen molar-refractivity contribution in [3.8, 4) is 11.5 Å². The summed E-state index contributed by atoms with van der Waals surface area (Å²) >= 11 is 2.08. The molecule has 0 aliphatic carbocycles. The fraction of sp³-hybridized carbons (Fsp3) is 0.562. The molecular formula is C16H22INO4. The van der Waals surface area contributed by atoms with Crippen molar-refractivity contribution in [1.82, 2.24) is 4.90 Å². The predicted octanol–water partition coefficient (Wildman–Crippen LogP) is 2.92. The minimum atomic E-state index is -0.175. The lowest BCUT2D eigenvalue weighted by atomic mass is 10.0. The largest absolute Gasteiger partial charge is 0.504 e. The Balaban J connectivity index is 2.16. The lowest BCUT2D eigenvalue weighted by Crippen LogP contribution is -2.44. The lowest BCUT2D eigenvalue weighted by Gasteiger charge is -2.34. The van der Waals surface area contributed by atoms with Gasteiger partial charge >= 0.3 is 5.97 Å². The normalized spacial score (nSPS) is 19.0. The van der Waals surface area contributed by atoms with E-state index in [1.165, 1.54) is 7.11 Å². The molecule has 0 saturated carbocycles. The van der Waals surface area contributed by atoms with Gasteiger partial charge in [-0.25, -0.2) is 0 Å². The zero-order valence-electron chi connectivity index (χ0n) is 13.0. The van der Waals surface area contributed by atoms with Gasteiger partial charge in [-0.05, 0) is 66.6 Å². The Bertz CT molecular complexity index is 535. The second-order valence-electron chi connectivity index (χ2n) is 5.36. The van der Waals surface area contributed by atoms with Crippen LogP contribution in [0.2, 0.25) is 0 Å². The molecule has 1 heterocycles. The van der Waals surface area contributed by atoms with Crippen molar-refractivity contribution in [3.63, 3.8) is 0 Å². The minimum Gasteiger partial charge on any atom is -0.504 e. The first-order chi connectivity index (χ1) is 10.6. The third-order valence-electron chi connectivity index (χ3n) is 3.87. The maximum absolute atomic E-state index is 12.1. The van der Waals surface area contributed by atoms with Crippen LogP contribution in [0.4, 0.5) is 0 Å². The van der Waals surface area contributed by atoms with Gasteiger partial charge in [0.2, 0.25) is 0 Å². The topological polar surface area (TPSA) is 59.0 Å². The number of benzene rings is 1. The summed E-state index contributed by atoms with van der Waals surface area (Å²) in [5.41, 5.74) is 1.02. The summed E-state index contributed by atoms with van der Waals surface area (Å²) in [4.78, 5) is 14.3. The number of esters is 1. The number of carbonyl (C=O) groups is 1. The molecule has 2 rings (SSSR count). The number of ether oxygens (including phenoxy) is 2. The van der Waals surface area contributed by atoms with Crippen molar-refractivity contribution in [2.24, 2.45) is 0 Å². The molecule has 122 valence electrons. The number of piperidine rings is 1. The van der Waals surface area contributed by atoms with Crippen LogP contribution in [-0.4, -0.2) is 42.3 Å². The van der Waals surface area contributed by atoms with E-state index in [-0.39, 0.29) is 17.8 Å². The molecule has 1 unspecified atom stereocenters. The van der Waals surface area contributed by atoms with Gasteiger partial charge in [0.1, 0.15) is 6.04 Å². The van der Waals surface area contributed by atoms with E-state index in [9.17, 15) is 9.90 Å². The van der Waals surface area contributed by atoms with Crippen molar-refractivity contribution in [2.45, 2.75) is 38.8 Å². The minimum absolute atomic E-state index is 0.136. The Hall–Kier alpha value is -1.02. The molecule has 1 aromatic carbocycles. The summed E-state index contributed by atoms with van der Waals surface area (Å²) in [6, 6.07) is 3.58. The third-order valence-corrected chi connectivity index (χ3v) is 4.69. The van der Waals surface area contributed by atoms with E-state index < -0.39 is 0 Å². The highest BCUT2D eigenvalue weighted by molar-refractivity contribution is 14.1. The van der Waals surface area contributed by atoms with Crippen molar-refractivity contribution in [3.05, 3.63) is 21.3 Å². The molecule has 0 bridgehead atoms. The molecule has 1 aliphatic heterocycles. The monoisotopic (exact) mass is 419 g/mol. The summed E-state index contributed by atoms with van der Waals surface area (Å²) in [5.74, 6) is 0.488. The van der Waals surface area contributed by atoms with Gasteiger partial charge in [0, 0.05) is 6.54 Å². The van der Waals surface area contributed by atoms with Gasteiger partial charge in [-0.15, -0.1) is 0 Å². The molecule has 6 heteroatoms. The van der Waals surface area contributed by atoms with E-state index in [1.54, 1.807) is 0 Å². The van der Waals surface area contributed by atoms with Gasteiger partial charge in [0.15, 0.2) is 11.5 Å². The molecule has 1 N–H and O–H groups in total. The number of phenolic OH excluding ortho intramolecular Hbond substituents is 1. The lowest BCUT2D eigenvalue weighted by molar-refractivity contribution is -0.151. The molecule has 1 fully saturated rings. The van der Waals surface area contributed by atoms with Crippen LogP contribution in [0, 0.1) is 3.57 Å². The highest BCUT2D eigenvalue weighted by Crippen LogP contribution is 2.33. The average Bonchev–Trinajstić information content (AvgIpc) is 2.51. The van der Waals surface area contributed by atoms with Crippen LogP contribution in [0.15, 0.2) is 12.1 Å². The molecule has 1 atom stereocenters. The number of halogens is 1. The van der Waals surface area contributed by atoms with Crippen LogP contribution in [0.1, 0.15) is 31.7 Å². The van der Waals surface area contributed by atoms with Crippen LogP contribution < -0.4 is 4.74 Å². The first-order valence-electron chi connectivity index (χ1n) is 7.52. The highest BCUT2D eigenvalue weighted by atomic mass is 127. The number of carbonyl (C=O) groups excluding carboxylic acids is 1. The first-order valence-corrected chi connectivity index (χ1v) is 8.60. The second-order valence-corrected chi connectivity index (χ2v) is 6.52. The zero-order chi connectivity index (χ0) is 16.1. The molecule has 0 amide bonds. The third kappa shape index (κ3) is 4.04. The molecule has 1 aromatic rings. The number of hydrogen-bond acceptors (Lipinski definition) is 5. The molecule has 0 aromatic heterocycles. The Morgan fingerprint density at radius 1 is 1.45 bits per heavy atom. The maximum atomic E-state index is 12.1. The Kier molecular flexibility index (Phi) is 6.31. The molecule has 0 radical (unpaired) electrons. The summed E-state index contributed by atoms with van der Waals surface area (Å²) < 4.78 is 11.1. The number of rotatable bonds is 5. The highest BCUT2D eigenvalue weighted by Gasteiger charge is 2.30. The fourth-order valence-corrected chi connectivity index (χ4v) is 3.46. The van der Waals surface area contributed by atoms with Crippen LogP contribution >= 0.6 is 22.6 Å². The summed E-state index contributed by atoms with van der Waals surface area (Å²) in [7, 11) is 1.54. The number of nitrogens with zero attached hydrogens (tertiary/aromatic N) is 1. The maximum Gasteiger partial charge on any atom is 0.323 e. The molecule has 1 aliphatic rings. The number of aromatic hydroxyl groups is 1. The van der Waals surface area contributed by atoms with Gasteiger partial charge in [0.05, 0.1) is 17.3 Å². The van der Waals surface area contributed by atoms with Crippen molar-refractivity contribution in [1.29, 1.82) is 0 Å². The number of methoxy groups -OCH3 is 1. The Morgan fingerprint density at radius 3 is 2.91 bits per heavy atom. The molecule has 22 heavy (non-hydrogen) atoms. The predicted molar refractivity (Wildman–Crippen MR) is 92.1 cm³/mol. The van der Waals surface area contributed by atoms with E-state index in [4.69, 9.17) is 9.47 Å². The van der Waals surface area contributed by atoms with Crippen LogP contribution in [-0.2, 0) is 16.1 Å². The van der Waals surface area contributed by atoms with Crippen LogP contribution in [0.25, 0.3) is 0 Å². The van der Waals surface area contributed by atoms with Crippen LogP contribution in [0.5, 0.6) is 11.5 Å².